The van der Waals surface area contributed by atoms with Crippen LogP contribution in [-0.2, 0) is 0 Å². The van der Waals surface area contributed by atoms with E-state index in [1.54, 1.807) is 30.3 Å². The smallest absolute Gasteiger partial charge is 0.335 e. The van der Waals surface area contributed by atoms with Crippen molar-refractivity contribution in [3.63, 3.8) is 0 Å². The first-order valence-corrected chi connectivity index (χ1v) is 5.67. The van der Waals surface area contributed by atoms with E-state index in [4.69, 9.17) is 9.52 Å². The van der Waals surface area contributed by atoms with Crippen molar-refractivity contribution < 1.29 is 18.7 Å². The van der Waals surface area contributed by atoms with E-state index in [1.807, 2.05) is 0 Å². The fourth-order valence-corrected chi connectivity index (χ4v) is 1.98. The molecule has 0 aliphatic carbocycles. The number of carboxylic acids is 1. The van der Waals surface area contributed by atoms with Crippen molar-refractivity contribution in [3.8, 4) is 11.3 Å². The second-order valence-electron chi connectivity index (χ2n) is 4.15. The molecule has 0 aliphatic heterocycles. The SMILES string of the molecule is O=C(O)c1cccc(-c2cc3cccc(F)c3o2)c1. The average Bonchev–Trinajstić information content (AvgIpc) is 2.84. The second kappa shape index (κ2) is 4.24. The summed E-state index contributed by atoms with van der Waals surface area (Å²) in [6, 6.07) is 12.7. The van der Waals surface area contributed by atoms with Crippen molar-refractivity contribution in [1.82, 2.24) is 0 Å². The van der Waals surface area contributed by atoms with Crippen LogP contribution < -0.4 is 0 Å². The zero-order valence-corrected chi connectivity index (χ0v) is 9.76. The maximum absolute atomic E-state index is 13.5. The minimum Gasteiger partial charge on any atom is -0.478 e. The Morgan fingerprint density at radius 1 is 1.11 bits per heavy atom. The van der Waals surface area contributed by atoms with Crippen molar-refractivity contribution in [3.05, 3.63) is 59.9 Å². The van der Waals surface area contributed by atoms with Crippen LogP contribution >= 0.6 is 0 Å². The van der Waals surface area contributed by atoms with Crippen LogP contribution in [-0.4, -0.2) is 11.1 Å². The van der Waals surface area contributed by atoms with Gasteiger partial charge in [-0.25, -0.2) is 9.18 Å². The number of fused-ring (bicyclic) bond motifs is 1. The van der Waals surface area contributed by atoms with Gasteiger partial charge in [-0.15, -0.1) is 0 Å². The minimum atomic E-state index is -1.01. The Bertz CT molecular complexity index is 774. The highest BCUT2D eigenvalue weighted by molar-refractivity contribution is 5.90. The molecule has 3 aromatic rings. The van der Waals surface area contributed by atoms with E-state index in [0.717, 1.165) is 0 Å². The number of benzene rings is 2. The van der Waals surface area contributed by atoms with E-state index < -0.39 is 11.8 Å². The number of hydrogen-bond acceptors (Lipinski definition) is 2. The topological polar surface area (TPSA) is 50.4 Å². The monoisotopic (exact) mass is 256 g/mol. The van der Waals surface area contributed by atoms with Gasteiger partial charge in [0.2, 0.25) is 0 Å². The van der Waals surface area contributed by atoms with Crippen LogP contribution in [0.3, 0.4) is 0 Å². The first kappa shape index (κ1) is 11.5. The summed E-state index contributed by atoms with van der Waals surface area (Å²) >= 11 is 0. The molecular formula is C15H9FO3. The predicted molar refractivity (Wildman–Crippen MR) is 68.6 cm³/mol. The molecule has 1 heterocycles. The normalized spacial score (nSPS) is 10.8. The quantitative estimate of drug-likeness (QED) is 0.755. The molecular weight excluding hydrogens is 247 g/mol. The second-order valence-corrected chi connectivity index (χ2v) is 4.15. The van der Waals surface area contributed by atoms with Crippen LogP contribution in [0.25, 0.3) is 22.3 Å². The molecule has 0 atom stereocenters. The molecule has 2 aromatic carbocycles. The Labute approximate surface area is 107 Å². The number of aromatic carboxylic acids is 1. The lowest BCUT2D eigenvalue weighted by Gasteiger charge is -1.98. The summed E-state index contributed by atoms with van der Waals surface area (Å²) in [5, 5.41) is 9.60. The molecule has 4 heteroatoms. The molecule has 0 unspecified atom stereocenters. The van der Waals surface area contributed by atoms with Gasteiger partial charge in [-0.3, -0.25) is 0 Å². The Morgan fingerprint density at radius 2 is 1.89 bits per heavy atom. The molecule has 0 saturated heterocycles. The van der Waals surface area contributed by atoms with Crippen LogP contribution in [0.2, 0.25) is 0 Å². The van der Waals surface area contributed by atoms with E-state index in [1.165, 1.54) is 18.2 Å². The zero-order chi connectivity index (χ0) is 13.4. The van der Waals surface area contributed by atoms with E-state index in [9.17, 15) is 9.18 Å². The molecule has 3 rings (SSSR count). The predicted octanol–water partition coefficient (Wildman–Crippen LogP) is 3.94. The lowest BCUT2D eigenvalue weighted by atomic mass is 10.1. The molecule has 0 bridgehead atoms. The Balaban J connectivity index is 2.16. The van der Waals surface area contributed by atoms with Gasteiger partial charge in [-0.1, -0.05) is 24.3 Å². The standard InChI is InChI=1S/C15H9FO3/c16-12-6-2-4-10-8-13(19-14(10)12)9-3-1-5-11(7-9)15(17)18/h1-8H,(H,17,18). The Hall–Kier alpha value is -2.62. The molecule has 0 amide bonds. The van der Waals surface area contributed by atoms with E-state index in [0.29, 0.717) is 16.7 Å². The Morgan fingerprint density at radius 3 is 2.63 bits per heavy atom. The number of hydrogen-bond donors (Lipinski definition) is 1. The molecule has 1 N–H and O–H groups in total. The summed E-state index contributed by atoms with van der Waals surface area (Å²) in [6.07, 6.45) is 0. The van der Waals surface area contributed by atoms with Crippen LogP contribution in [0, 0.1) is 5.82 Å². The number of halogens is 1. The molecule has 1 aromatic heterocycles. The highest BCUT2D eigenvalue weighted by Gasteiger charge is 2.11. The van der Waals surface area contributed by atoms with E-state index in [-0.39, 0.29) is 11.1 Å². The summed E-state index contributed by atoms with van der Waals surface area (Å²) in [6.45, 7) is 0. The summed E-state index contributed by atoms with van der Waals surface area (Å²) < 4.78 is 19.0. The largest absolute Gasteiger partial charge is 0.478 e. The van der Waals surface area contributed by atoms with Crippen LogP contribution in [0.5, 0.6) is 0 Å². The van der Waals surface area contributed by atoms with E-state index >= 15 is 0 Å². The van der Waals surface area contributed by atoms with Gasteiger partial charge in [0.15, 0.2) is 11.4 Å². The lowest BCUT2D eigenvalue weighted by Crippen LogP contribution is -1.95. The maximum Gasteiger partial charge on any atom is 0.335 e. The van der Waals surface area contributed by atoms with Crippen molar-refractivity contribution in [2.75, 3.05) is 0 Å². The van der Waals surface area contributed by atoms with Gasteiger partial charge >= 0.3 is 5.97 Å². The third-order valence-corrected chi connectivity index (χ3v) is 2.89. The maximum atomic E-state index is 13.5. The van der Waals surface area contributed by atoms with Gasteiger partial charge in [-0.05, 0) is 24.3 Å². The minimum absolute atomic E-state index is 0.165. The number of carboxylic acid groups (broad SMARTS) is 1. The summed E-state index contributed by atoms with van der Waals surface area (Å²) in [7, 11) is 0. The van der Waals surface area contributed by atoms with Crippen molar-refractivity contribution in [1.29, 1.82) is 0 Å². The van der Waals surface area contributed by atoms with Gasteiger partial charge < -0.3 is 9.52 Å². The fourth-order valence-electron chi connectivity index (χ4n) is 1.98. The molecule has 0 fully saturated rings. The molecule has 3 nitrogen and oxygen atoms in total. The molecule has 94 valence electrons. The van der Waals surface area contributed by atoms with Gasteiger partial charge in [0.25, 0.3) is 0 Å². The zero-order valence-electron chi connectivity index (χ0n) is 9.76. The van der Waals surface area contributed by atoms with Crippen LogP contribution in [0.4, 0.5) is 4.39 Å². The van der Waals surface area contributed by atoms with Crippen molar-refractivity contribution >= 4 is 16.9 Å². The molecule has 19 heavy (non-hydrogen) atoms. The molecule has 0 aliphatic rings. The first-order chi connectivity index (χ1) is 9.15. The summed E-state index contributed by atoms with van der Waals surface area (Å²) in [4.78, 5) is 10.9. The van der Waals surface area contributed by atoms with Crippen LogP contribution in [0.1, 0.15) is 10.4 Å². The van der Waals surface area contributed by atoms with Gasteiger partial charge in [-0.2, -0.15) is 0 Å². The van der Waals surface area contributed by atoms with Gasteiger partial charge in [0.1, 0.15) is 5.76 Å². The molecule has 0 saturated carbocycles. The van der Waals surface area contributed by atoms with Crippen LogP contribution in [0.15, 0.2) is 52.9 Å². The summed E-state index contributed by atoms with van der Waals surface area (Å²) in [5.74, 6) is -0.995. The average molecular weight is 256 g/mol. The third-order valence-electron chi connectivity index (χ3n) is 2.89. The number of furan rings is 1. The van der Waals surface area contributed by atoms with Gasteiger partial charge in [0, 0.05) is 10.9 Å². The molecule has 0 spiro atoms. The van der Waals surface area contributed by atoms with Crippen molar-refractivity contribution in [2.24, 2.45) is 0 Å². The van der Waals surface area contributed by atoms with Crippen molar-refractivity contribution in [2.45, 2.75) is 0 Å². The Kier molecular flexibility index (Phi) is 2.56. The number of carbonyl (C=O) groups is 1. The first-order valence-electron chi connectivity index (χ1n) is 5.67. The van der Waals surface area contributed by atoms with Gasteiger partial charge in [0.05, 0.1) is 5.56 Å². The number of rotatable bonds is 2. The number of para-hydroxylation sites is 1. The highest BCUT2D eigenvalue weighted by Crippen LogP contribution is 2.29. The summed E-state index contributed by atoms with van der Waals surface area (Å²) in [5.41, 5.74) is 0.951. The highest BCUT2D eigenvalue weighted by atomic mass is 19.1. The third kappa shape index (κ3) is 1.97. The van der Waals surface area contributed by atoms with E-state index in [2.05, 4.69) is 0 Å². The lowest BCUT2D eigenvalue weighted by molar-refractivity contribution is 0.0697. The molecule has 0 radical (unpaired) electrons. The fraction of sp³-hybridized carbons (Fsp3) is 0.